The van der Waals surface area contributed by atoms with Gasteiger partial charge < -0.3 is 24.4 Å². The highest BCUT2D eigenvalue weighted by Crippen LogP contribution is 2.31. The number of amides is 2. The topological polar surface area (TPSA) is 63.3 Å². The first-order valence-electron chi connectivity index (χ1n) is 9.09. The molecule has 1 saturated heterocycles. The largest absolute Gasteiger partial charge is 0.497 e. The van der Waals surface area contributed by atoms with Crippen LogP contribution in [0.1, 0.15) is 24.9 Å². The minimum atomic E-state index is -0.116. The van der Waals surface area contributed by atoms with E-state index in [4.69, 9.17) is 14.2 Å². The lowest BCUT2D eigenvalue weighted by Gasteiger charge is -2.28. The molecule has 1 heterocycles. The number of benzene rings is 1. The fourth-order valence-electron chi connectivity index (χ4n) is 3.00. The quantitative estimate of drug-likeness (QED) is 0.715. The average molecular weight is 365 g/mol. The number of methoxy groups -OCH3 is 2. The highest BCUT2D eigenvalue weighted by Gasteiger charge is 2.20. The van der Waals surface area contributed by atoms with Crippen LogP contribution in [-0.2, 0) is 4.74 Å². The number of nitrogens with zero attached hydrogens (tertiary/aromatic N) is 2. The normalized spacial score (nSPS) is 16.0. The lowest BCUT2D eigenvalue weighted by molar-refractivity contribution is 0.0375. The predicted molar refractivity (Wildman–Crippen MR) is 101 cm³/mol. The van der Waals surface area contributed by atoms with Crippen molar-refractivity contribution in [3.63, 3.8) is 0 Å². The van der Waals surface area contributed by atoms with Crippen molar-refractivity contribution >= 4 is 6.03 Å². The summed E-state index contributed by atoms with van der Waals surface area (Å²) in [5.74, 6) is 1.44. The Kier molecular flexibility index (Phi) is 8.00. The Morgan fingerprint density at radius 1 is 1.31 bits per heavy atom. The standard InChI is InChI=1S/C19H31N3O4/c1-15(17-7-6-16(24-3)14-18(17)25-4)21(2)19(23)20-8-5-9-22-10-12-26-13-11-22/h6-7,14-15H,5,8-13H2,1-4H3,(H,20,23). The lowest BCUT2D eigenvalue weighted by atomic mass is 10.1. The molecule has 7 nitrogen and oxygen atoms in total. The van der Waals surface area contributed by atoms with Gasteiger partial charge in [0, 0.05) is 38.3 Å². The third kappa shape index (κ3) is 5.51. The molecule has 0 aliphatic carbocycles. The highest BCUT2D eigenvalue weighted by molar-refractivity contribution is 5.74. The van der Waals surface area contributed by atoms with Gasteiger partial charge in [-0.2, -0.15) is 0 Å². The van der Waals surface area contributed by atoms with Crippen molar-refractivity contribution < 1.29 is 19.0 Å². The van der Waals surface area contributed by atoms with E-state index in [-0.39, 0.29) is 12.1 Å². The van der Waals surface area contributed by atoms with Gasteiger partial charge in [0.05, 0.1) is 33.5 Å². The highest BCUT2D eigenvalue weighted by atomic mass is 16.5. The van der Waals surface area contributed by atoms with E-state index in [1.165, 1.54) is 0 Å². The molecule has 7 heteroatoms. The minimum absolute atomic E-state index is 0.0858. The first-order valence-corrected chi connectivity index (χ1v) is 9.09. The molecule has 0 bridgehead atoms. The van der Waals surface area contributed by atoms with Gasteiger partial charge in [0.1, 0.15) is 11.5 Å². The van der Waals surface area contributed by atoms with Crippen LogP contribution in [-0.4, -0.2) is 76.5 Å². The van der Waals surface area contributed by atoms with E-state index in [9.17, 15) is 4.79 Å². The molecule has 1 aliphatic heterocycles. The summed E-state index contributed by atoms with van der Waals surface area (Å²) in [6.45, 7) is 7.18. The number of carbonyl (C=O) groups excluding carboxylic acids is 1. The minimum Gasteiger partial charge on any atom is -0.497 e. The Morgan fingerprint density at radius 3 is 2.69 bits per heavy atom. The molecular formula is C19H31N3O4. The number of hydrogen-bond acceptors (Lipinski definition) is 5. The van der Waals surface area contributed by atoms with Crippen LogP contribution in [0.15, 0.2) is 18.2 Å². The van der Waals surface area contributed by atoms with Gasteiger partial charge in [-0.25, -0.2) is 4.79 Å². The molecule has 1 unspecified atom stereocenters. The molecule has 26 heavy (non-hydrogen) atoms. The Hall–Kier alpha value is -1.99. The summed E-state index contributed by atoms with van der Waals surface area (Å²) in [6, 6.07) is 5.44. The van der Waals surface area contributed by atoms with E-state index in [1.54, 1.807) is 26.2 Å². The molecule has 1 atom stereocenters. The maximum Gasteiger partial charge on any atom is 0.317 e. The summed E-state index contributed by atoms with van der Waals surface area (Å²) < 4.78 is 16.0. The first kappa shape index (κ1) is 20.3. The van der Waals surface area contributed by atoms with Crippen molar-refractivity contribution in [3.05, 3.63) is 23.8 Å². The van der Waals surface area contributed by atoms with Gasteiger partial charge in [-0.05, 0) is 32.0 Å². The van der Waals surface area contributed by atoms with E-state index in [0.717, 1.165) is 50.6 Å². The summed E-state index contributed by atoms with van der Waals surface area (Å²) >= 11 is 0. The lowest BCUT2D eigenvalue weighted by Crippen LogP contribution is -2.41. The van der Waals surface area contributed by atoms with Crippen LogP contribution >= 0.6 is 0 Å². The number of rotatable bonds is 8. The molecule has 2 rings (SSSR count). The maximum atomic E-state index is 12.4. The number of carbonyl (C=O) groups is 1. The SMILES string of the molecule is COc1ccc(C(C)N(C)C(=O)NCCCN2CCOCC2)c(OC)c1. The molecule has 1 fully saturated rings. The van der Waals surface area contributed by atoms with Crippen molar-refractivity contribution in [2.24, 2.45) is 0 Å². The fraction of sp³-hybridized carbons (Fsp3) is 0.632. The van der Waals surface area contributed by atoms with Crippen LogP contribution in [0.5, 0.6) is 11.5 Å². The van der Waals surface area contributed by atoms with Gasteiger partial charge in [-0.3, -0.25) is 4.90 Å². The van der Waals surface area contributed by atoms with Crippen LogP contribution in [0, 0.1) is 0 Å². The maximum absolute atomic E-state index is 12.4. The Labute approximate surface area is 156 Å². The van der Waals surface area contributed by atoms with Crippen LogP contribution in [0.3, 0.4) is 0 Å². The second-order valence-electron chi connectivity index (χ2n) is 6.43. The molecule has 0 aromatic heterocycles. The third-order valence-electron chi connectivity index (χ3n) is 4.82. The molecule has 0 spiro atoms. The smallest absolute Gasteiger partial charge is 0.317 e. The zero-order chi connectivity index (χ0) is 18.9. The molecule has 2 amide bonds. The number of nitrogens with one attached hydrogen (secondary N) is 1. The molecule has 1 aromatic rings. The van der Waals surface area contributed by atoms with Gasteiger partial charge in [-0.1, -0.05) is 0 Å². The Morgan fingerprint density at radius 2 is 2.04 bits per heavy atom. The van der Waals surface area contributed by atoms with Gasteiger partial charge in [0.2, 0.25) is 0 Å². The molecule has 0 radical (unpaired) electrons. The van der Waals surface area contributed by atoms with Crippen molar-refractivity contribution in [2.45, 2.75) is 19.4 Å². The van der Waals surface area contributed by atoms with Crippen molar-refractivity contribution in [1.82, 2.24) is 15.1 Å². The zero-order valence-electron chi connectivity index (χ0n) is 16.3. The van der Waals surface area contributed by atoms with E-state index < -0.39 is 0 Å². The van der Waals surface area contributed by atoms with Gasteiger partial charge in [0.25, 0.3) is 0 Å². The summed E-state index contributed by atoms with van der Waals surface area (Å²) in [5.41, 5.74) is 0.944. The first-order chi connectivity index (χ1) is 12.6. The Balaban J connectivity index is 1.82. The van der Waals surface area contributed by atoms with E-state index in [2.05, 4.69) is 10.2 Å². The number of morpholine rings is 1. The number of urea groups is 1. The summed E-state index contributed by atoms with van der Waals surface area (Å²) in [5, 5.41) is 3.00. The average Bonchev–Trinajstić information content (AvgIpc) is 2.70. The van der Waals surface area contributed by atoms with Crippen molar-refractivity contribution in [3.8, 4) is 11.5 Å². The fourth-order valence-corrected chi connectivity index (χ4v) is 3.00. The van der Waals surface area contributed by atoms with Gasteiger partial charge in [0.15, 0.2) is 0 Å². The number of ether oxygens (including phenoxy) is 3. The van der Waals surface area contributed by atoms with Crippen LogP contribution in [0.4, 0.5) is 4.79 Å². The molecule has 1 aromatic carbocycles. The molecule has 146 valence electrons. The van der Waals surface area contributed by atoms with E-state index in [1.807, 2.05) is 25.1 Å². The molecule has 1 aliphatic rings. The predicted octanol–water partition coefficient (Wildman–Crippen LogP) is 2.13. The Bertz CT molecular complexity index is 576. The van der Waals surface area contributed by atoms with Gasteiger partial charge >= 0.3 is 6.03 Å². The summed E-state index contributed by atoms with van der Waals surface area (Å²) in [6.07, 6.45) is 0.930. The second kappa shape index (κ2) is 10.2. The van der Waals surface area contributed by atoms with E-state index >= 15 is 0 Å². The molecule has 1 N–H and O–H groups in total. The zero-order valence-corrected chi connectivity index (χ0v) is 16.3. The summed E-state index contributed by atoms with van der Waals surface area (Å²) in [7, 11) is 5.04. The van der Waals surface area contributed by atoms with Crippen molar-refractivity contribution in [1.29, 1.82) is 0 Å². The van der Waals surface area contributed by atoms with Crippen LogP contribution < -0.4 is 14.8 Å². The van der Waals surface area contributed by atoms with Crippen LogP contribution in [0.25, 0.3) is 0 Å². The monoisotopic (exact) mass is 365 g/mol. The molecule has 0 saturated carbocycles. The third-order valence-corrected chi connectivity index (χ3v) is 4.82. The number of hydrogen-bond donors (Lipinski definition) is 1. The summed E-state index contributed by atoms with van der Waals surface area (Å²) in [4.78, 5) is 16.5. The van der Waals surface area contributed by atoms with E-state index in [0.29, 0.717) is 12.3 Å². The van der Waals surface area contributed by atoms with Crippen LogP contribution in [0.2, 0.25) is 0 Å². The molecular weight excluding hydrogens is 334 g/mol. The van der Waals surface area contributed by atoms with Gasteiger partial charge in [-0.15, -0.1) is 0 Å². The second-order valence-corrected chi connectivity index (χ2v) is 6.43. The van der Waals surface area contributed by atoms with Crippen molar-refractivity contribution in [2.75, 3.05) is 60.7 Å².